The first-order valence-corrected chi connectivity index (χ1v) is 8.66. The number of halogens is 3. The molecular formula is C15H13F2IN4O5. The summed E-state index contributed by atoms with van der Waals surface area (Å²) in [6, 6.07) is 3.43. The number of aliphatic hydroxyl groups is 2. The lowest BCUT2D eigenvalue weighted by Crippen LogP contribution is -2.40. The van der Waals surface area contributed by atoms with E-state index in [4.69, 9.17) is 9.84 Å². The first-order chi connectivity index (χ1) is 12.7. The summed E-state index contributed by atoms with van der Waals surface area (Å²) in [5, 5.41) is 21.3. The monoisotopic (exact) mass is 494 g/mol. The Balaban J connectivity index is 1.81. The summed E-state index contributed by atoms with van der Waals surface area (Å²) in [5.74, 6) is -1.47. The highest BCUT2D eigenvalue weighted by atomic mass is 127. The Morgan fingerprint density at radius 3 is 2.74 bits per heavy atom. The maximum Gasteiger partial charge on any atom is 0.351 e. The fourth-order valence-corrected chi connectivity index (χ4v) is 3.32. The zero-order valence-corrected chi connectivity index (χ0v) is 15.6. The van der Waals surface area contributed by atoms with Crippen molar-refractivity contribution in [1.82, 2.24) is 14.5 Å². The third-order valence-corrected chi connectivity index (χ3v) is 5.01. The van der Waals surface area contributed by atoms with Crippen LogP contribution in [0, 0.1) is 5.82 Å². The van der Waals surface area contributed by atoms with E-state index in [9.17, 15) is 23.5 Å². The number of ether oxygens (including phenoxy) is 1. The average molecular weight is 494 g/mol. The molecular weight excluding hydrogens is 481 g/mol. The van der Waals surface area contributed by atoms with Gasteiger partial charge in [-0.05, 0) is 40.8 Å². The summed E-state index contributed by atoms with van der Waals surface area (Å²) in [4.78, 5) is 31.5. The van der Waals surface area contributed by atoms with E-state index in [0.29, 0.717) is 0 Å². The summed E-state index contributed by atoms with van der Waals surface area (Å²) < 4.78 is 31.2. The quantitative estimate of drug-likeness (QED) is 0.415. The number of aromatic nitrogens is 3. The number of hydrogen-bond acceptors (Lipinski definition) is 7. The Hall–Kier alpha value is -2.03. The first kappa shape index (κ1) is 19.7. The van der Waals surface area contributed by atoms with Gasteiger partial charge in [-0.1, -0.05) is 0 Å². The molecule has 2 aromatic rings. The third kappa shape index (κ3) is 3.83. The lowest BCUT2D eigenvalue weighted by Gasteiger charge is -2.23. The zero-order valence-electron chi connectivity index (χ0n) is 13.4. The minimum atomic E-state index is -2.38. The van der Waals surface area contributed by atoms with Crippen LogP contribution in [0.25, 0.3) is 0 Å². The van der Waals surface area contributed by atoms with Gasteiger partial charge >= 0.3 is 5.69 Å². The highest BCUT2D eigenvalue weighted by Crippen LogP contribution is 2.45. The fraction of sp³-hybridized carbons (Fsp3) is 0.333. The van der Waals surface area contributed by atoms with Crippen LogP contribution in [0.15, 0.2) is 35.4 Å². The summed E-state index contributed by atoms with van der Waals surface area (Å²) in [7, 11) is 0. The molecule has 3 heterocycles. The van der Waals surface area contributed by atoms with Gasteiger partial charge in [-0.2, -0.15) is 4.98 Å². The molecule has 0 radical (unpaired) electrons. The summed E-state index contributed by atoms with van der Waals surface area (Å²) in [6.45, 7) is -0.632. The lowest BCUT2D eigenvalue weighted by atomic mass is 10.1. The predicted octanol–water partition coefficient (Wildman–Crippen LogP) is 0.381. The molecule has 0 aliphatic carbocycles. The van der Waals surface area contributed by atoms with E-state index in [-0.39, 0.29) is 11.5 Å². The fourth-order valence-electron chi connectivity index (χ4n) is 2.47. The lowest BCUT2D eigenvalue weighted by molar-refractivity contribution is -0.0499. The maximum atomic E-state index is 14.7. The molecule has 0 spiro atoms. The number of aliphatic hydroxyl groups excluding tert-OH is 2. The van der Waals surface area contributed by atoms with Crippen LogP contribution in [0.1, 0.15) is 16.7 Å². The minimum Gasteiger partial charge on any atom is -0.394 e. The average Bonchev–Trinajstić information content (AvgIpc) is 2.85. The van der Waals surface area contributed by atoms with Gasteiger partial charge in [-0.3, -0.25) is 9.36 Å². The number of nitrogens with one attached hydrogen (secondary N) is 1. The van der Waals surface area contributed by atoms with Crippen LogP contribution < -0.4 is 11.0 Å². The van der Waals surface area contributed by atoms with Crippen molar-refractivity contribution in [3.05, 3.63) is 52.6 Å². The van der Waals surface area contributed by atoms with Gasteiger partial charge in [0.05, 0.1) is 12.8 Å². The van der Waals surface area contributed by atoms with Crippen LogP contribution in [0.2, 0.25) is 0 Å². The van der Waals surface area contributed by atoms with Crippen LogP contribution in [-0.2, 0) is 4.74 Å². The standard InChI is InChI=1S/C15H13F2IN4O5/c16-7-1-2-8(19-5-7)12(25)20-10-3-4-22(14(26)21-10)13-15(17,18)11(24)9(6-23)27-13/h1-5,9,11,13,23-24H,6H2,(H,20,21,25,26)/t9?,11-,13?,15?/m0/s1. The van der Waals surface area contributed by atoms with Crippen molar-refractivity contribution in [2.45, 2.75) is 22.1 Å². The van der Waals surface area contributed by atoms with Crippen molar-refractivity contribution in [1.29, 1.82) is 0 Å². The Bertz CT molecular complexity index is 908. The number of carbonyl (C=O) groups excluding carboxylic acids is 1. The van der Waals surface area contributed by atoms with Crippen LogP contribution in [0.3, 0.4) is 0 Å². The van der Waals surface area contributed by atoms with E-state index in [1.54, 1.807) is 0 Å². The van der Waals surface area contributed by atoms with Gasteiger partial charge in [-0.25, -0.2) is 18.6 Å². The van der Waals surface area contributed by atoms with E-state index < -0.39 is 46.1 Å². The first-order valence-electron chi connectivity index (χ1n) is 7.58. The Morgan fingerprint density at radius 2 is 2.19 bits per heavy atom. The molecule has 3 rings (SSSR count). The number of hydrogen-bond donors (Lipinski definition) is 3. The molecule has 3 unspecified atom stereocenters. The normalized spacial score (nSPS) is 27.5. The molecule has 144 valence electrons. The van der Waals surface area contributed by atoms with Crippen LogP contribution in [-0.4, -0.2) is 53.1 Å². The summed E-state index contributed by atoms with van der Waals surface area (Å²) >= 11 is 1.30. The SMILES string of the molecule is O=C(Nc1ccn(C2OC(CO)[C@H](O)C2(F)I)c(=O)n1)c1ccc(F)cn1. The van der Waals surface area contributed by atoms with Crippen molar-refractivity contribution >= 4 is 34.3 Å². The van der Waals surface area contributed by atoms with Gasteiger partial charge < -0.3 is 20.3 Å². The van der Waals surface area contributed by atoms with Crippen molar-refractivity contribution in [2.75, 3.05) is 11.9 Å². The number of amides is 1. The number of nitrogens with zero attached hydrogens (tertiary/aromatic N) is 3. The van der Waals surface area contributed by atoms with Gasteiger partial charge in [0.25, 0.3) is 5.91 Å². The molecule has 1 fully saturated rings. The summed E-state index contributed by atoms with van der Waals surface area (Å²) in [5.41, 5.74) is -1.04. The van der Waals surface area contributed by atoms with E-state index in [1.807, 2.05) is 0 Å². The van der Waals surface area contributed by atoms with Gasteiger partial charge in [0.1, 0.15) is 29.5 Å². The number of carbonyl (C=O) groups is 1. The highest BCUT2D eigenvalue weighted by molar-refractivity contribution is 14.1. The molecule has 12 heteroatoms. The van der Waals surface area contributed by atoms with E-state index in [2.05, 4.69) is 15.3 Å². The largest absolute Gasteiger partial charge is 0.394 e. The van der Waals surface area contributed by atoms with Gasteiger partial charge in [-0.15, -0.1) is 0 Å². The molecule has 0 bridgehead atoms. The van der Waals surface area contributed by atoms with Crippen molar-refractivity contribution < 1.29 is 28.5 Å². The molecule has 1 saturated heterocycles. The van der Waals surface area contributed by atoms with Gasteiger partial charge in [0.15, 0.2) is 6.23 Å². The number of alkyl halides is 2. The molecule has 1 aliphatic heterocycles. The van der Waals surface area contributed by atoms with Crippen molar-refractivity contribution in [3.63, 3.8) is 0 Å². The maximum absolute atomic E-state index is 14.7. The molecule has 2 aromatic heterocycles. The molecule has 1 amide bonds. The van der Waals surface area contributed by atoms with Crippen LogP contribution in [0.4, 0.5) is 14.6 Å². The number of rotatable bonds is 4. The van der Waals surface area contributed by atoms with Crippen molar-refractivity contribution in [3.8, 4) is 0 Å². The molecule has 27 heavy (non-hydrogen) atoms. The van der Waals surface area contributed by atoms with Crippen molar-refractivity contribution in [2.24, 2.45) is 0 Å². The Labute approximate surface area is 164 Å². The van der Waals surface area contributed by atoms with E-state index in [1.165, 1.54) is 28.7 Å². The molecule has 0 aromatic carbocycles. The molecule has 0 saturated carbocycles. The Kier molecular flexibility index (Phi) is 5.50. The minimum absolute atomic E-state index is 0.0922. The number of pyridine rings is 1. The topological polar surface area (TPSA) is 127 Å². The highest BCUT2D eigenvalue weighted by Gasteiger charge is 2.56. The number of anilines is 1. The molecule has 4 atom stereocenters. The second-order valence-electron chi connectivity index (χ2n) is 5.65. The Morgan fingerprint density at radius 1 is 1.44 bits per heavy atom. The van der Waals surface area contributed by atoms with Crippen LogP contribution in [0.5, 0.6) is 0 Å². The van der Waals surface area contributed by atoms with Gasteiger partial charge in [0, 0.05) is 6.20 Å². The summed E-state index contributed by atoms with van der Waals surface area (Å²) in [6.07, 6.45) is -2.37. The predicted molar refractivity (Wildman–Crippen MR) is 95.5 cm³/mol. The van der Waals surface area contributed by atoms with E-state index >= 15 is 0 Å². The van der Waals surface area contributed by atoms with E-state index in [0.717, 1.165) is 29.1 Å². The molecule has 3 N–H and O–H groups in total. The smallest absolute Gasteiger partial charge is 0.351 e. The van der Waals surface area contributed by atoms with Crippen LogP contribution >= 0.6 is 22.6 Å². The molecule has 9 nitrogen and oxygen atoms in total. The zero-order chi connectivity index (χ0) is 19.8. The molecule has 1 aliphatic rings. The third-order valence-electron chi connectivity index (χ3n) is 3.84. The second kappa shape index (κ2) is 7.53. The van der Waals surface area contributed by atoms with Gasteiger partial charge in [0.2, 0.25) is 3.68 Å². The second-order valence-corrected chi connectivity index (χ2v) is 7.30.